The molecule has 0 unspecified atom stereocenters. The zero-order valence-electron chi connectivity index (χ0n) is 23.3. The largest absolute Gasteiger partial charge is 0.495 e. The van der Waals surface area contributed by atoms with E-state index in [9.17, 15) is 9.59 Å². The van der Waals surface area contributed by atoms with Gasteiger partial charge in [0.05, 0.1) is 44.9 Å². The lowest BCUT2D eigenvalue weighted by atomic mass is 9.87. The maximum atomic E-state index is 14.1. The van der Waals surface area contributed by atoms with Crippen molar-refractivity contribution in [3.05, 3.63) is 64.4 Å². The molecule has 0 aliphatic carbocycles. The van der Waals surface area contributed by atoms with Crippen LogP contribution >= 0.6 is 11.3 Å². The van der Waals surface area contributed by atoms with Crippen molar-refractivity contribution in [2.75, 3.05) is 72.6 Å². The average Bonchev–Trinajstić information content (AvgIpc) is 3.71. The van der Waals surface area contributed by atoms with Gasteiger partial charge in [-0.25, -0.2) is 0 Å². The molecule has 2 saturated heterocycles. The molecular weight excluding hydrogens is 530 g/mol. The topological polar surface area (TPSA) is 80.8 Å². The van der Waals surface area contributed by atoms with Gasteiger partial charge in [0.15, 0.2) is 11.5 Å². The maximum Gasteiger partial charge on any atom is 0.263 e. The van der Waals surface area contributed by atoms with Crippen LogP contribution in [0.25, 0.3) is 0 Å². The molecule has 2 amide bonds. The van der Waals surface area contributed by atoms with E-state index in [0.29, 0.717) is 61.4 Å². The van der Waals surface area contributed by atoms with Gasteiger partial charge in [-0.15, -0.1) is 11.3 Å². The van der Waals surface area contributed by atoms with Crippen molar-refractivity contribution in [1.82, 2.24) is 9.80 Å². The Labute approximate surface area is 238 Å². The summed E-state index contributed by atoms with van der Waals surface area (Å²) in [6.45, 7) is 3.36. The van der Waals surface area contributed by atoms with E-state index in [1.54, 1.807) is 33.3 Å². The van der Waals surface area contributed by atoms with Gasteiger partial charge >= 0.3 is 0 Å². The minimum Gasteiger partial charge on any atom is -0.495 e. The van der Waals surface area contributed by atoms with Crippen LogP contribution in [0, 0.1) is 5.92 Å². The molecule has 5 rings (SSSR count). The molecule has 1 aromatic heterocycles. The summed E-state index contributed by atoms with van der Waals surface area (Å²) in [7, 11) is 6.39. The molecule has 0 radical (unpaired) electrons. The molecule has 2 aliphatic heterocycles. The molecule has 40 heavy (non-hydrogen) atoms. The Morgan fingerprint density at radius 3 is 2.05 bits per heavy atom. The summed E-state index contributed by atoms with van der Waals surface area (Å²) in [6, 6.07) is 15.4. The van der Waals surface area contributed by atoms with Crippen LogP contribution in [0.3, 0.4) is 0 Å². The zero-order valence-corrected chi connectivity index (χ0v) is 24.1. The van der Waals surface area contributed by atoms with Crippen molar-refractivity contribution in [1.29, 1.82) is 0 Å². The van der Waals surface area contributed by atoms with E-state index in [1.165, 1.54) is 11.3 Å². The van der Waals surface area contributed by atoms with Crippen LogP contribution in [0.4, 0.5) is 5.69 Å². The Morgan fingerprint density at radius 2 is 1.45 bits per heavy atom. The summed E-state index contributed by atoms with van der Waals surface area (Å²) >= 11 is 1.41. The molecule has 2 aliphatic rings. The van der Waals surface area contributed by atoms with Crippen LogP contribution in [0.15, 0.2) is 53.9 Å². The van der Waals surface area contributed by atoms with E-state index in [1.807, 2.05) is 58.8 Å². The highest BCUT2D eigenvalue weighted by Crippen LogP contribution is 2.44. The average molecular weight is 566 g/mol. The van der Waals surface area contributed by atoms with Gasteiger partial charge in [-0.1, -0.05) is 18.2 Å². The molecule has 2 fully saturated rings. The van der Waals surface area contributed by atoms with Gasteiger partial charge in [-0.2, -0.15) is 0 Å². The van der Waals surface area contributed by atoms with Gasteiger partial charge in [0.2, 0.25) is 11.7 Å². The number of piperazine rings is 1. The minimum atomic E-state index is -0.399. The first kappa shape index (κ1) is 27.6. The summed E-state index contributed by atoms with van der Waals surface area (Å²) in [5.41, 5.74) is 1.91. The Bertz CT molecular complexity index is 1310. The molecule has 9 nitrogen and oxygen atoms in total. The van der Waals surface area contributed by atoms with E-state index < -0.39 is 5.92 Å². The molecule has 2 atom stereocenters. The van der Waals surface area contributed by atoms with Crippen molar-refractivity contribution >= 4 is 28.8 Å². The van der Waals surface area contributed by atoms with Gasteiger partial charge in [0, 0.05) is 45.2 Å². The number of benzene rings is 2. The molecular formula is C30H35N3O6S. The predicted octanol–water partition coefficient (Wildman–Crippen LogP) is 3.99. The molecule has 2 aromatic carbocycles. The van der Waals surface area contributed by atoms with E-state index in [0.717, 1.165) is 17.0 Å². The van der Waals surface area contributed by atoms with Crippen LogP contribution in [0.1, 0.15) is 21.2 Å². The van der Waals surface area contributed by atoms with Gasteiger partial charge in [-0.3, -0.25) is 9.59 Å². The molecule has 10 heteroatoms. The van der Waals surface area contributed by atoms with E-state index in [2.05, 4.69) is 4.90 Å². The lowest BCUT2D eigenvalue weighted by Gasteiger charge is -2.38. The second kappa shape index (κ2) is 12.1. The van der Waals surface area contributed by atoms with E-state index in [4.69, 9.17) is 18.9 Å². The number of ether oxygens (including phenoxy) is 4. The minimum absolute atomic E-state index is 0.0521. The van der Waals surface area contributed by atoms with Crippen molar-refractivity contribution in [3.63, 3.8) is 0 Å². The summed E-state index contributed by atoms with van der Waals surface area (Å²) in [5, 5.41) is 1.89. The van der Waals surface area contributed by atoms with Crippen LogP contribution in [0.5, 0.6) is 23.0 Å². The Kier molecular flexibility index (Phi) is 8.35. The third kappa shape index (κ3) is 5.28. The number of hydrogen-bond donors (Lipinski definition) is 0. The van der Waals surface area contributed by atoms with Crippen LogP contribution < -0.4 is 23.8 Å². The van der Waals surface area contributed by atoms with E-state index in [-0.39, 0.29) is 17.7 Å². The lowest BCUT2D eigenvalue weighted by molar-refractivity contribution is -0.135. The normalized spacial score (nSPS) is 18.9. The number of amides is 2. The number of anilines is 1. The highest BCUT2D eigenvalue weighted by molar-refractivity contribution is 7.12. The number of methoxy groups -OCH3 is 4. The Balaban J connectivity index is 1.40. The Hall–Kier alpha value is -3.92. The standard InChI is InChI=1S/C30H35N3O6S/c1-36-24-9-6-5-8-23(24)31-11-13-32(14-12-31)29(34)22-19-33(30(35)27-10-7-15-40-27)18-21(22)20-16-25(37-2)28(39-4)26(17-20)38-3/h5-10,15-17,21-22H,11-14,18-19H2,1-4H3/t21-,22+/m1/s1. The number of carbonyl (C=O) groups is 2. The highest BCUT2D eigenvalue weighted by Gasteiger charge is 2.43. The first-order valence-corrected chi connectivity index (χ1v) is 14.2. The fraction of sp³-hybridized carbons (Fsp3) is 0.400. The summed E-state index contributed by atoms with van der Waals surface area (Å²) in [4.78, 5) is 34.1. The fourth-order valence-electron chi connectivity index (χ4n) is 5.72. The number of para-hydroxylation sites is 2. The van der Waals surface area contributed by atoms with Crippen molar-refractivity contribution in [2.45, 2.75) is 5.92 Å². The zero-order chi connectivity index (χ0) is 28.2. The second-order valence-corrected chi connectivity index (χ2v) is 10.8. The van der Waals surface area contributed by atoms with Crippen LogP contribution in [-0.4, -0.2) is 89.3 Å². The lowest BCUT2D eigenvalue weighted by Crippen LogP contribution is -2.51. The molecule has 212 valence electrons. The van der Waals surface area contributed by atoms with Gasteiger partial charge in [0.1, 0.15) is 5.75 Å². The fourth-order valence-corrected chi connectivity index (χ4v) is 6.41. The van der Waals surface area contributed by atoms with Crippen molar-refractivity contribution in [3.8, 4) is 23.0 Å². The molecule has 0 saturated carbocycles. The highest BCUT2D eigenvalue weighted by atomic mass is 32.1. The second-order valence-electron chi connectivity index (χ2n) is 9.84. The third-order valence-electron chi connectivity index (χ3n) is 7.79. The predicted molar refractivity (Wildman–Crippen MR) is 154 cm³/mol. The van der Waals surface area contributed by atoms with Crippen molar-refractivity contribution in [2.24, 2.45) is 5.92 Å². The number of carbonyl (C=O) groups excluding carboxylic acids is 2. The van der Waals surface area contributed by atoms with Gasteiger partial charge < -0.3 is 33.6 Å². The molecule has 3 heterocycles. The van der Waals surface area contributed by atoms with Crippen molar-refractivity contribution < 1.29 is 28.5 Å². The third-order valence-corrected chi connectivity index (χ3v) is 8.65. The maximum absolute atomic E-state index is 14.1. The first-order chi connectivity index (χ1) is 19.5. The molecule has 0 spiro atoms. The first-order valence-electron chi connectivity index (χ1n) is 13.3. The molecule has 0 N–H and O–H groups in total. The monoisotopic (exact) mass is 565 g/mol. The van der Waals surface area contributed by atoms with Crippen LogP contribution in [-0.2, 0) is 4.79 Å². The van der Waals surface area contributed by atoms with Gasteiger partial charge in [0.25, 0.3) is 5.91 Å². The molecule has 3 aromatic rings. The van der Waals surface area contributed by atoms with Crippen LogP contribution in [0.2, 0.25) is 0 Å². The molecule has 0 bridgehead atoms. The quantitative estimate of drug-likeness (QED) is 0.409. The Morgan fingerprint density at radius 1 is 0.775 bits per heavy atom. The number of nitrogens with zero attached hydrogens (tertiary/aromatic N) is 3. The summed E-state index contributed by atoms with van der Waals surface area (Å²) in [5.74, 6) is 1.75. The summed E-state index contributed by atoms with van der Waals surface area (Å²) < 4.78 is 22.3. The van der Waals surface area contributed by atoms with Gasteiger partial charge in [-0.05, 0) is 41.3 Å². The summed E-state index contributed by atoms with van der Waals surface area (Å²) in [6.07, 6.45) is 0. The SMILES string of the molecule is COc1ccccc1N1CCN(C(=O)[C@H]2CN(C(=O)c3cccs3)C[C@@H]2c2cc(OC)c(OC)c(OC)c2)CC1. The number of hydrogen-bond acceptors (Lipinski definition) is 8. The smallest absolute Gasteiger partial charge is 0.263 e. The number of likely N-dealkylation sites (tertiary alicyclic amines) is 1. The number of rotatable bonds is 8. The van der Waals surface area contributed by atoms with E-state index >= 15 is 0 Å². The number of thiophene rings is 1.